The van der Waals surface area contributed by atoms with Gasteiger partial charge < -0.3 is 0 Å². The molecule has 18 heavy (non-hydrogen) atoms. The molecule has 0 saturated heterocycles. The topological polar surface area (TPSA) is 63.4 Å². The van der Waals surface area contributed by atoms with Gasteiger partial charge in [0.15, 0.2) is 0 Å². The smallest absolute Gasteiger partial charge is 0.267 e. The first-order valence-electron chi connectivity index (χ1n) is 5.89. The van der Waals surface area contributed by atoms with Crippen LogP contribution in [0.1, 0.15) is 31.8 Å². The number of aryl methyl sites for hydroxylation is 2. The highest BCUT2D eigenvalue weighted by Gasteiger charge is 2.33. The van der Waals surface area contributed by atoms with Crippen LogP contribution in [0, 0.1) is 0 Å². The van der Waals surface area contributed by atoms with E-state index in [0.717, 1.165) is 23.6 Å². The van der Waals surface area contributed by atoms with Gasteiger partial charge in [0, 0.05) is 5.39 Å². The molecule has 88 valence electrons. The molecule has 4 rings (SSSR count). The molecule has 0 saturated carbocycles. The lowest BCUT2D eigenvalue weighted by Crippen LogP contribution is -2.45. The van der Waals surface area contributed by atoms with Gasteiger partial charge in [0.1, 0.15) is 0 Å². The van der Waals surface area contributed by atoms with Gasteiger partial charge in [0.05, 0.1) is 11.1 Å². The Morgan fingerprint density at radius 3 is 1.83 bits per heavy atom. The van der Waals surface area contributed by atoms with E-state index in [1.165, 1.54) is 11.1 Å². The minimum atomic E-state index is -0.414. The second-order valence-corrected chi connectivity index (χ2v) is 4.77. The number of hydrazine groups is 1. The summed E-state index contributed by atoms with van der Waals surface area (Å²) in [5.41, 5.74) is 3.51. The van der Waals surface area contributed by atoms with Crippen molar-refractivity contribution in [3.63, 3.8) is 0 Å². The van der Waals surface area contributed by atoms with Gasteiger partial charge in [-0.25, -0.2) is 10.9 Å². The van der Waals surface area contributed by atoms with Gasteiger partial charge in [-0.3, -0.25) is 9.59 Å². The quantitative estimate of drug-likeness (QED) is 0.429. The van der Waals surface area contributed by atoms with Crippen molar-refractivity contribution in [2.75, 3.05) is 0 Å². The number of imide groups is 1. The Labute approximate surface area is 103 Å². The SMILES string of the molecule is NN1C(=O)c2ccc3c4c(ccc(c24)C1=O)CC3. The molecule has 0 fully saturated rings. The molecule has 4 nitrogen and oxygen atoms in total. The normalized spacial score (nSPS) is 16.8. The number of benzene rings is 2. The number of amides is 2. The van der Waals surface area contributed by atoms with E-state index in [-0.39, 0.29) is 0 Å². The molecule has 2 aliphatic rings. The standard InChI is InChI=1S/C14H10N2O2/c15-16-13(17)9-5-3-7-1-2-8-4-6-10(14(16)18)12(9)11(7)8/h3-6H,1-2,15H2. The number of carbonyl (C=O) groups excluding carboxylic acids is 2. The fraction of sp³-hybridized carbons (Fsp3) is 0.143. The van der Waals surface area contributed by atoms with E-state index >= 15 is 0 Å². The van der Waals surface area contributed by atoms with Crippen molar-refractivity contribution in [3.8, 4) is 0 Å². The van der Waals surface area contributed by atoms with Crippen LogP contribution in [0.3, 0.4) is 0 Å². The second kappa shape index (κ2) is 2.97. The third-order valence-electron chi connectivity index (χ3n) is 3.90. The largest absolute Gasteiger partial charge is 0.275 e. The maximum Gasteiger partial charge on any atom is 0.275 e. The number of rotatable bonds is 0. The molecule has 1 aliphatic heterocycles. The van der Waals surface area contributed by atoms with Crippen molar-refractivity contribution in [1.29, 1.82) is 0 Å². The third-order valence-corrected chi connectivity index (χ3v) is 3.90. The highest BCUT2D eigenvalue weighted by Crippen LogP contribution is 2.37. The first-order chi connectivity index (χ1) is 8.68. The molecule has 0 spiro atoms. The van der Waals surface area contributed by atoms with Crippen LogP contribution in [0.5, 0.6) is 0 Å². The Balaban J connectivity index is 2.26. The molecule has 2 aromatic carbocycles. The molecular formula is C14H10N2O2. The third kappa shape index (κ3) is 0.949. The molecule has 1 aliphatic carbocycles. The molecule has 1 heterocycles. The van der Waals surface area contributed by atoms with Crippen LogP contribution in [-0.4, -0.2) is 16.8 Å². The molecular weight excluding hydrogens is 228 g/mol. The molecule has 4 heteroatoms. The number of hydrogen-bond acceptors (Lipinski definition) is 3. The van der Waals surface area contributed by atoms with Crippen LogP contribution in [-0.2, 0) is 12.8 Å². The summed E-state index contributed by atoms with van der Waals surface area (Å²) in [4.78, 5) is 24.1. The fourth-order valence-corrected chi connectivity index (χ4v) is 3.04. The summed E-state index contributed by atoms with van der Waals surface area (Å²) < 4.78 is 0. The fourth-order valence-electron chi connectivity index (χ4n) is 3.04. The van der Waals surface area contributed by atoms with Gasteiger partial charge in [0.25, 0.3) is 11.8 Å². The van der Waals surface area contributed by atoms with Crippen molar-refractivity contribution in [3.05, 3.63) is 46.5 Å². The minimum absolute atomic E-state index is 0.414. The molecule has 0 bridgehead atoms. The molecule has 2 amide bonds. The van der Waals surface area contributed by atoms with Crippen molar-refractivity contribution in [2.45, 2.75) is 12.8 Å². The van der Waals surface area contributed by atoms with Crippen LogP contribution in [0.15, 0.2) is 24.3 Å². The Kier molecular flexibility index (Phi) is 1.62. The van der Waals surface area contributed by atoms with Gasteiger partial charge >= 0.3 is 0 Å². The van der Waals surface area contributed by atoms with Crippen LogP contribution >= 0.6 is 0 Å². The summed E-state index contributed by atoms with van der Waals surface area (Å²) in [7, 11) is 0. The van der Waals surface area contributed by atoms with E-state index in [9.17, 15) is 9.59 Å². The van der Waals surface area contributed by atoms with Crippen LogP contribution in [0.25, 0.3) is 10.8 Å². The van der Waals surface area contributed by atoms with Crippen LogP contribution in [0.2, 0.25) is 0 Å². The number of nitrogens with two attached hydrogens (primary N) is 1. The second-order valence-electron chi connectivity index (χ2n) is 4.77. The van der Waals surface area contributed by atoms with Crippen molar-refractivity contribution >= 4 is 22.6 Å². The highest BCUT2D eigenvalue weighted by molar-refractivity contribution is 6.26. The van der Waals surface area contributed by atoms with E-state index in [2.05, 4.69) is 0 Å². The van der Waals surface area contributed by atoms with E-state index in [0.29, 0.717) is 16.1 Å². The predicted molar refractivity (Wildman–Crippen MR) is 66.0 cm³/mol. The van der Waals surface area contributed by atoms with Gasteiger partial charge in [-0.05, 0) is 41.5 Å². The van der Waals surface area contributed by atoms with Crippen molar-refractivity contribution < 1.29 is 9.59 Å². The summed E-state index contributed by atoms with van der Waals surface area (Å²) in [5, 5.41) is 2.58. The van der Waals surface area contributed by atoms with Crippen LogP contribution in [0.4, 0.5) is 0 Å². The molecule has 0 aromatic heterocycles. The summed E-state index contributed by atoms with van der Waals surface area (Å²) >= 11 is 0. The van der Waals surface area contributed by atoms with Gasteiger partial charge in [-0.15, -0.1) is 0 Å². The van der Waals surface area contributed by atoms with E-state index < -0.39 is 11.8 Å². The number of hydrogen-bond donors (Lipinski definition) is 1. The van der Waals surface area contributed by atoms with Crippen molar-refractivity contribution in [1.82, 2.24) is 5.01 Å². The summed E-state index contributed by atoms with van der Waals surface area (Å²) in [6, 6.07) is 7.51. The molecule has 0 radical (unpaired) electrons. The zero-order valence-corrected chi connectivity index (χ0v) is 9.56. The first kappa shape index (κ1) is 9.79. The molecule has 0 atom stereocenters. The summed E-state index contributed by atoms with van der Waals surface area (Å²) in [5.74, 6) is 4.71. The molecule has 2 aromatic rings. The zero-order chi connectivity index (χ0) is 12.4. The van der Waals surface area contributed by atoms with E-state index in [1.54, 1.807) is 12.1 Å². The van der Waals surface area contributed by atoms with Gasteiger partial charge in [0.2, 0.25) is 0 Å². The zero-order valence-electron chi connectivity index (χ0n) is 9.56. The Bertz CT molecular complexity index is 690. The van der Waals surface area contributed by atoms with Crippen molar-refractivity contribution in [2.24, 2.45) is 5.84 Å². The number of carbonyl (C=O) groups is 2. The Morgan fingerprint density at radius 1 is 0.833 bits per heavy atom. The average molecular weight is 238 g/mol. The predicted octanol–water partition coefficient (Wildman–Crippen LogP) is 1.41. The molecule has 0 unspecified atom stereocenters. The molecule has 2 N–H and O–H groups in total. The van der Waals surface area contributed by atoms with Gasteiger partial charge in [-0.1, -0.05) is 12.1 Å². The first-order valence-corrected chi connectivity index (χ1v) is 5.89. The minimum Gasteiger partial charge on any atom is -0.267 e. The maximum atomic E-state index is 12.0. The van der Waals surface area contributed by atoms with Gasteiger partial charge in [-0.2, -0.15) is 0 Å². The summed E-state index contributed by atoms with van der Waals surface area (Å²) in [6.07, 6.45) is 1.95. The monoisotopic (exact) mass is 238 g/mol. The highest BCUT2D eigenvalue weighted by atomic mass is 16.2. The average Bonchev–Trinajstić information content (AvgIpc) is 2.81. The summed E-state index contributed by atoms with van der Waals surface area (Å²) in [6.45, 7) is 0. The van der Waals surface area contributed by atoms with Crippen LogP contribution < -0.4 is 5.84 Å². The number of nitrogens with zero attached hydrogens (tertiary/aromatic N) is 1. The Morgan fingerprint density at radius 2 is 1.33 bits per heavy atom. The van der Waals surface area contributed by atoms with E-state index in [1.807, 2.05) is 12.1 Å². The maximum absolute atomic E-state index is 12.0. The lowest BCUT2D eigenvalue weighted by Gasteiger charge is -2.23. The lowest BCUT2D eigenvalue weighted by molar-refractivity contribution is 0.0610. The lowest BCUT2D eigenvalue weighted by atomic mass is 9.92. The van der Waals surface area contributed by atoms with E-state index in [4.69, 9.17) is 5.84 Å². The Hall–Kier alpha value is -2.20.